The summed E-state index contributed by atoms with van der Waals surface area (Å²) in [4.78, 5) is 29.5. The summed E-state index contributed by atoms with van der Waals surface area (Å²) in [6.45, 7) is 4.66. The van der Waals surface area contributed by atoms with Crippen molar-refractivity contribution in [3.8, 4) is 0 Å². The van der Waals surface area contributed by atoms with Crippen LogP contribution >= 0.6 is 0 Å². The second kappa shape index (κ2) is 14.4. The number of ether oxygens (including phenoxy) is 2. The van der Waals surface area contributed by atoms with Crippen molar-refractivity contribution in [2.45, 2.75) is 39.3 Å². The molecule has 1 aromatic heterocycles. The molecular weight excluding hydrogens is 406 g/mol. The smallest absolute Gasteiger partial charge is 0.249 e. The van der Waals surface area contributed by atoms with Crippen molar-refractivity contribution in [2.75, 3.05) is 40.0 Å². The number of methoxy groups -OCH3 is 1. The highest BCUT2D eigenvalue weighted by molar-refractivity contribution is 5.85. The number of nitrogens with zero attached hydrogens (tertiary/aromatic N) is 3. The summed E-state index contributed by atoms with van der Waals surface area (Å²) in [7, 11) is 3.61. The second-order valence-electron chi connectivity index (χ2n) is 7.92. The third kappa shape index (κ3) is 8.85. The molecule has 0 aliphatic heterocycles. The number of carbonyl (C=O) groups is 2. The minimum atomic E-state index is -0.181. The molecule has 2 amide bonds. The van der Waals surface area contributed by atoms with E-state index in [1.807, 2.05) is 65.2 Å². The van der Waals surface area contributed by atoms with E-state index in [-0.39, 0.29) is 25.0 Å². The van der Waals surface area contributed by atoms with Crippen molar-refractivity contribution in [3.63, 3.8) is 0 Å². The number of hydrogen-bond acceptors (Lipinski definition) is 4. The average Bonchev–Trinajstić information content (AvgIpc) is 3.20. The highest BCUT2D eigenvalue weighted by Gasteiger charge is 2.22. The molecule has 0 saturated heterocycles. The zero-order chi connectivity index (χ0) is 23.2. The Morgan fingerprint density at radius 3 is 2.38 bits per heavy atom. The van der Waals surface area contributed by atoms with Crippen molar-refractivity contribution < 1.29 is 19.1 Å². The van der Waals surface area contributed by atoms with Gasteiger partial charge in [-0.1, -0.05) is 43.7 Å². The Hall–Kier alpha value is -2.64. The van der Waals surface area contributed by atoms with Crippen LogP contribution in [-0.2, 0) is 39.3 Å². The van der Waals surface area contributed by atoms with E-state index in [1.165, 1.54) is 0 Å². The molecule has 0 radical (unpaired) electrons. The van der Waals surface area contributed by atoms with Gasteiger partial charge < -0.3 is 23.8 Å². The fourth-order valence-electron chi connectivity index (χ4n) is 3.37. The maximum atomic E-state index is 13.2. The summed E-state index contributed by atoms with van der Waals surface area (Å²) in [6, 6.07) is 13.7. The summed E-state index contributed by atoms with van der Waals surface area (Å²) >= 11 is 0. The molecular formula is C25H37N3O4. The normalized spacial score (nSPS) is 10.8. The van der Waals surface area contributed by atoms with Gasteiger partial charge in [0.15, 0.2) is 0 Å². The summed E-state index contributed by atoms with van der Waals surface area (Å²) in [5, 5.41) is 0. The molecule has 32 heavy (non-hydrogen) atoms. The molecule has 0 bridgehead atoms. The topological polar surface area (TPSA) is 64.0 Å². The zero-order valence-corrected chi connectivity index (χ0v) is 19.7. The third-order valence-electron chi connectivity index (χ3n) is 5.33. The number of benzene rings is 1. The summed E-state index contributed by atoms with van der Waals surface area (Å²) in [6.07, 6.45) is 4.57. The Morgan fingerprint density at radius 1 is 0.969 bits per heavy atom. The first kappa shape index (κ1) is 25.6. The first-order chi connectivity index (χ1) is 15.5. The van der Waals surface area contributed by atoms with Gasteiger partial charge in [0, 0.05) is 45.7 Å². The molecule has 1 aromatic carbocycles. The number of aryl methyl sites for hydroxylation is 1. The number of unbranched alkanes of at least 4 members (excludes halogenated alkanes) is 1. The van der Waals surface area contributed by atoms with Gasteiger partial charge in [0.25, 0.3) is 0 Å². The Balaban J connectivity index is 1.98. The van der Waals surface area contributed by atoms with Gasteiger partial charge in [-0.25, -0.2) is 0 Å². The van der Waals surface area contributed by atoms with E-state index < -0.39 is 0 Å². The van der Waals surface area contributed by atoms with Crippen LogP contribution in [0.4, 0.5) is 0 Å². The monoisotopic (exact) mass is 443 g/mol. The summed E-state index contributed by atoms with van der Waals surface area (Å²) in [5.74, 6) is -0.229. The molecule has 0 unspecified atom stereocenters. The summed E-state index contributed by atoms with van der Waals surface area (Å²) in [5.41, 5.74) is 2.08. The van der Waals surface area contributed by atoms with E-state index in [0.717, 1.165) is 24.1 Å². The average molecular weight is 444 g/mol. The van der Waals surface area contributed by atoms with Crippen LogP contribution in [0.1, 0.15) is 37.4 Å². The van der Waals surface area contributed by atoms with Gasteiger partial charge in [-0.15, -0.1) is 0 Å². The highest BCUT2D eigenvalue weighted by atomic mass is 16.5. The molecule has 0 spiro atoms. The Bertz CT molecular complexity index is 807. The van der Waals surface area contributed by atoms with Crippen LogP contribution in [0.15, 0.2) is 48.7 Å². The molecule has 176 valence electrons. The first-order valence-corrected chi connectivity index (χ1v) is 11.3. The van der Waals surface area contributed by atoms with Crippen molar-refractivity contribution >= 4 is 11.8 Å². The predicted molar refractivity (Wildman–Crippen MR) is 125 cm³/mol. The van der Waals surface area contributed by atoms with Gasteiger partial charge in [-0.2, -0.15) is 0 Å². The lowest BCUT2D eigenvalue weighted by atomic mass is 10.2. The van der Waals surface area contributed by atoms with Crippen molar-refractivity contribution in [1.82, 2.24) is 14.4 Å². The van der Waals surface area contributed by atoms with Gasteiger partial charge in [-0.3, -0.25) is 9.59 Å². The molecule has 1 heterocycles. The SMILES string of the molecule is CCCCN(Cc1cccn1C)C(=O)CN(CCCOC)C(=O)COCc1ccccc1. The highest BCUT2D eigenvalue weighted by Crippen LogP contribution is 2.09. The molecule has 0 saturated carbocycles. The van der Waals surface area contributed by atoms with E-state index in [2.05, 4.69) is 6.92 Å². The van der Waals surface area contributed by atoms with Crippen LogP contribution in [0.5, 0.6) is 0 Å². The first-order valence-electron chi connectivity index (χ1n) is 11.3. The molecule has 0 atom stereocenters. The van der Waals surface area contributed by atoms with Gasteiger partial charge in [0.05, 0.1) is 19.7 Å². The van der Waals surface area contributed by atoms with Crippen LogP contribution in [0.3, 0.4) is 0 Å². The van der Waals surface area contributed by atoms with Crippen molar-refractivity contribution in [1.29, 1.82) is 0 Å². The molecule has 0 aliphatic carbocycles. The maximum Gasteiger partial charge on any atom is 0.249 e. The number of hydrogen-bond donors (Lipinski definition) is 0. The van der Waals surface area contributed by atoms with Crippen molar-refractivity contribution in [3.05, 3.63) is 59.9 Å². The van der Waals surface area contributed by atoms with E-state index in [1.54, 1.807) is 12.0 Å². The third-order valence-corrected chi connectivity index (χ3v) is 5.33. The number of carbonyl (C=O) groups excluding carboxylic acids is 2. The van der Waals surface area contributed by atoms with E-state index in [0.29, 0.717) is 39.3 Å². The lowest BCUT2D eigenvalue weighted by molar-refractivity contribution is -0.144. The lowest BCUT2D eigenvalue weighted by Crippen LogP contribution is -2.45. The largest absolute Gasteiger partial charge is 0.385 e. The van der Waals surface area contributed by atoms with Crippen LogP contribution in [0.2, 0.25) is 0 Å². The van der Waals surface area contributed by atoms with E-state index in [9.17, 15) is 9.59 Å². The van der Waals surface area contributed by atoms with Crippen LogP contribution < -0.4 is 0 Å². The van der Waals surface area contributed by atoms with Crippen LogP contribution in [-0.4, -0.2) is 66.1 Å². The van der Waals surface area contributed by atoms with Gasteiger partial charge in [-0.05, 0) is 30.5 Å². The van der Waals surface area contributed by atoms with Gasteiger partial charge >= 0.3 is 0 Å². The Kier molecular flexibility index (Phi) is 11.6. The van der Waals surface area contributed by atoms with Crippen molar-refractivity contribution in [2.24, 2.45) is 7.05 Å². The molecule has 7 heteroatoms. The fraction of sp³-hybridized carbons (Fsp3) is 0.520. The summed E-state index contributed by atoms with van der Waals surface area (Å²) < 4.78 is 12.8. The van der Waals surface area contributed by atoms with Gasteiger partial charge in [0.2, 0.25) is 11.8 Å². The standard InChI is InChI=1S/C25H37N3O4/c1-4-5-15-27(18-23-13-9-14-26(23)2)24(29)19-28(16-10-17-31-3)25(30)21-32-20-22-11-7-6-8-12-22/h6-9,11-14H,4-5,10,15-21H2,1-3H3. The molecule has 2 aromatic rings. The molecule has 7 nitrogen and oxygen atoms in total. The fourth-order valence-corrected chi connectivity index (χ4v) is 3.37. The Morgan fingerprint density at radius 2 is 1.72 bits per heavy atom. The van der Waals surface area contributed by atoms with Gasteiger partial charge in [0.1, 0.15) is 6.61 Å². The van der Waals surface area contributed by atoms with Crippen LogP contribution in [0, 0.1) is 0 Å². The second-order valence-corrected chi connectivity index (χ2v) is 7.92. The lowest BCUT2D eigenvalue weighted by Gasteiger charge is -2.28. The molecule has 0 aliphatic rings. The predicted octanol–water partition coefficient (Wildman–Crippen LogP) is 3.24. The quantitative estimate of drug-likeness (QED) is 0.397. The number of amides is 2. The number of aromatic nitrogens is 1. The zero-order valence-electron chi connectivity index (χ0n) is 19.7. The minimum Gasteiger partial charge on any atom is -0.385 e. The van der Waals surface area contributed by atoms with E-state index >= 15 is 0 Å². The minimum absolute atomic E-state index is 0.0470. The maximum absolute atomic E-state index is 13.2. The Labute approximate surface area is 191 Å². The molecule has 2 rings (SSSR count). The molecule has 0 fully saturated rings. The van der Waals surface area contributed by atoms with E-state index in [4.69, 9.17) is 9.47 Å². The molecule has 0 N–H and O–H groups in total. The van der Waals surface area contributed by atoms with Crippen LogP contribution in [0.25, 0.3) is 0 Å². The number of rotatable bonds is 15.